The Hall–Kier alpha value is -0.690. The SMILES string of the molecule is CCOC1CC(N(C)C(=O)c2csc(CCN)n2)C1(C)C.Cl. The Bertz CT molecular complexity index is 507. The lowest BCUT2D eigenvalue weighted by molar-refractivity contribution is -0.136. The molecule has 0 spiro atoms. The number of nitrogens with two attached hydrogens (primary N) is 1. The van der Waals surface area contributed by atoms with Gasteiger partial charge in [-0.1, -0.05) is 13.8 Å². The largest absolute Gasteiger partial charge is 0.378 e. The first-order chi connectivity index (χ1) is 9.91. The Morgan fingerprint density at radius 2 is 2.27 bits per heavy atom. The van der Waals surface area contributed by atoms with Gasteiger partial charge in [0.2, 0.25) is 0 Å². The monoisotopic (exact) mass is 347 g/mol. The molecule has 0 saturated heterocycles. The van der Waals surface area contributed by atoms with Crippen LogP contribution in [0.1, 0.15) is 42.7 Å². The summed E-state index contributed by atoms with van der Waals surface area (Å²) in [7, 11) is 1.86. The van der Waals surface area contributed by atoms with Gasteiger partial charge in [0, 0.05) is 36.9 Å². The number of hydrogen-bond donors (Lipinski definition) is 1. The van der Waals surface area contributed by atoms with Gasteiger partial charge in [-0.15, -0.1) is 23.7 Å². The quantitative estimate of drug-likeness (QED) is 0.857. The molecule has 22 heavy (non-hydrogen) atoms. The highest BCUT2D eigenvalue weighted by atomic mass is 35.5. The lowest BCUT2D eigenvalue weighted by Crippen LogP contribution is -2.62. The predicted octanol–water partition coefficient (Wildman–Crippen LogP) is 2.34. The van der Waals surface area contributed by atoms with E-state index in [1.807, 2.05) is 24.3 Å². The normalized spacial score (nSPS) is 22.6. The summed E-state index contributed by atoms with van der Waals surface area (Å²) in [5.41, 5.74) is 6.03. The van der Waals surface area contributed by atoms with E-state index in [-0.39, 0.29) is 35.9 Å². The van der Waals surface area contributed by atoms with Gasteiger partial charge < -0.3 is 15.4 Å². The number of nitrogens with zero attached hydrogens (tertiary/aromatic N) is 2. The molecule has 2 atom stereocenters. The molecule has 2 unspecified atom stereocenters. The maximum atomic E-state index is 12.5. The van der Waals surface area contributed by atoms with Crippen LogP contribution in [0.4, 0.5) is 0 Å². The number of carbonyl (C=O) groups is 1. The van der Waals surface area contributed by atoms with E-state index < -0.39 is 0 Å². The molecule has 1 heterocycles. The smallest absolute Gasteiger partial charge is 0.273 e. The number of amides is 1. The molecule has 1 aliphatic rings. The van der Waals surface area contributed by atoms with Crippen molar-refractivity contribution in [1.29, 1.82) is 0 Å². The fraction of sp³-hybridized carbons (Fsp3) is 0.733. The Morgan fingerprint density at radius 1 is 1.59 bits per heavy atom. The van der Waals surface area contributed by atoms with Crippen LogP contribution in [0.15, 0.2) is 5.38 Å². The maximum absolute atomic E-state index is 12.5. The molecule has 0 aromatic carbocycles. The summed E-state index contributed by atoms with van der Waals surface area (Å²) in [5, 5.41) is 2.75. The van der Waals surface area contributed by atoms with E-state index in [2.05, 4.69) is 18.8 Å². The molecule has 0 bridgehead atoms. The van der Waals surface area contributed by atoms with Crippen molar-refractivity contribution < 1.29 is 9.53 Å². The lowest BCUT2D eigenvalue weighted by atomic mass is 9.63. The summed E-state index contributed by atoms with van der Waals surface area (Å²) < 4.78 is 5.73. The number of carbonyl (C=O) groups excluding carboxylic acids is 1. The highest BCUT2D eigenvalue weighted by molar-refractivity contribution is 7.09. The summed E-state index contributed by atoms with van der Waals surface area (Å²) in [5.74, 6) is -0.0115. The van der Waals surface area contributed by atoms with Crippen molar-refractivity contribution in [2.45, 2.75) is 45.8 Å². The minimum atomic E-state index is -0.0173. The zero-order valence-electron chi connectivity index (χ0n) is 13.7. The summed E-state index contributed by atoms with van der Waals surface area (Å²) in [4.78, 5) is 18.7. The van der Waals surface area contributed by atoms with Crippen molar-refractivity contribution in [2.75, 3.05) is 20.2 Å². The van der Waals surface area contributed by atoms with Crippen LogP contribution in [0.2, 0.25) is 0 Å². The summed E-state index contributed by atoms with van der Waals surface area (Å²) in [6.45, 7) is 7.60. The predicted molar refractivity (Wildman–Crippen MR) is 91.8 cm³/mol. The molecule has 1 aromatic heterocycles. The minimum absolute atomic E-state index is 0. The van der Waals surface area contributed by atoms with Gasteiger partial charge in [-0.3, -0.25) is 4.79 Å². The van der Waals surface area contributed by atoms with E-state index in [0.717, 1.165) is 17.8 Å². The topological polar surface area (TPSA) is 68.5 Å². The molecule has 2 rings (SSSR count). The standard InChI is InChI=1S/C15H25N3O2S.ClH/c1-5-20-12-8-11(15(12,2)3)18(4)14(19)10-9-21-13(17-10)6-7-16;/h9,11-12H,5-8,16H2,1-4H3;1H. The van der Waals surface area contributed by atoms with Crippen LogP contribution < -0.4 is 5.73 Å². The number of aromatic nitrogens is 1. The van der Waals surface area contributed by atoms with Crippen LogP contribution in [-0.2, 0) is 11.2 Å². The van der Waals surface area contributed by atoms with E-state index in [9.17, 15) is 4.79 Å². The third-order valence-electron chi connectivity index (χ3n) is 4.41. The van der Waals surface area contributed by atoms with Crippen LogP contribution >= 0.6 is 23.7 Å². The molecule has 126 valence electrons. The number of rotatable bonds is 6. The fourth-order valence-electron chi connectivity index (χ4n) is 2.98. The highest BCUT2D eigenvalue weighted by Gasteiger charge is 2.52. The Morgan fingerprint density at radius 3 is 2.82 bits per heavy atom. The molecule has 1 aromatic rings. The van der Waals surface area contributed by atoms with Gasteiger partial charge in [-0.05, 0) is 19.9 Å². The van der Waals surface area contributed by atoms with Crippen molar-refractivity contribution in [3.63, 3.8) is 0 Å². The van der Waals surface area contributed by atoms with Crippen molar-refractivity contribution in [1.82, 2.24) is 9.88 Å². The number of thiazole rings is 1. The van der Waals surface area contributed by atoms with Gasteiger partial charge in [0.05, 0.1) is 11.1 Å². The summed E-state index contributed by atoms with van der Waals surface area (Å²) >= 11 is 1.50. The average molecular weight is 348 g/mol. The second-order valence-corrected chi connectivity index (χ2v) is 7.04. The second-order valence-electron chi connectivity index (χ2n) is 6.10. The van der Waals surface area contributed by atoms with E-state index in [4.69, 9.17) is 10.5 Å². The first-order valence-corrected chi connectivity index (χ1v) is 8.33. The molecule has 1 aliphatic carbocycles. The second kappa shape index (κ2) is 7.73. The van der Waals surface area contributed by atoms with Crippen molar-refractivity contribution in [3.05, 3.63) is 16.1 Å². The number of halogens is 1. The zero-order chi connectivity index (χ0) is 15.6. The summed E-state index contributed by atoms with van der Waals surface area (Å²) in [6.07, 6.45) is 1.84. The molecule has 2 N–H and O–H groups in total. The van der Waals surface area contributed by atoms with E-state index in [0.29, 0.717) is 18.8 Å². The Balaban J connectivity index is 0.00000242. The molecular formula is C15H26ClN3O2S. The minimum Gasteiger partial charge on any atom is -0.378 e. The van der Waals surface area contributed by atoms with Gasteiger partial charge in [0.15, 0.2) is 0 Å². The van der Waals surface area contributed by atoms with Gasteiger partial charge in [-0.25, -0.2) is 4.98 Å². The van der Waals surface area contributed by atoms with Crippen LogP contribution in [0.25, 0.3) is 0 Å². The molecule has 0 aliphatic heterocycles. The molecule has 0 radical (unpaired) electrons. The lowest BCUT2D eigenvalue weighted by Gasteiger charge is -2.54. The zero-order valence-corrected chi connectivity index (χ0v) is 15.3. The van der Waals surface area contributed by atoms with Crippen LogP contribution in [-0.4, -0.2) is 48.1 Å². The van der Waals surface area contributed by atoms with Crippen LogP contribution in [0.3, 0.4) is 0 Å². The fourth-order valence-corrected chi connectivity index (χ4v) is 3.76. The summed E-state index contributed by atoms with van der Waals surface area (Å²) in [6, 6.07) is 0.196. The maximum Gasteiger partial charge on any atom is 0.273 e. The molecule has 7 heteroatoms. The van der Waals surface area contributed by atoms with Gasteiger partial charge in [0.25, 0.3) is 5.91 Å². The number of ether oxygens (including phenoxy) is 1. The molecule has 1 saturated carbocycles. The van der Waals surface area contributed by atoms with Crippen molar-refractivity contribution in [3.8, 4) is 0 Å². The van der Waals surface area contributed by atoms with Crippen LogP contribution in [0.5, 0.6) is 0 Å². The van der Waals surface area contributed by atoms with Gasteiger partial charge >= 0.3 is 0 Å². The first kappa shape index (κ1) is 19.4. The van der Waals surface area contributed by atoms with E-state index in [1.165, 1.54) is 11.3 Å². The molecular weight excluding hydrogens is 322 g/mol. The number of hydrogen-bond acceptors (Lipinski definition) is 5. The van der Waals surface area contributed by atoms with E-state index >= 15 is 0 Å². The molecule has 1 amide bonds. The third kappa shape index (κ3) is 3.62. The van der Waals surface area contributed by atoms with Crippen LogP contribution in [0, 0.1) is 5.41 Å². The molecule has 5 nitrogen and oxygen atoms in total. The Labute approximate surface area is 142 Å². The average Bonchev–Trinajstić information content (AvgIpc) is 2.90. The third-order valence-corrected chi connectivity index (χ3v) is 5.32. The van der Waals surface area contributed by atoms with E-state index in [1.54, 1.807) is 0 Å². The van der Waals surface area contributed by atoms with Gasteiger partial charge in [0.1, 0.15) is 5.69 Å². The Kier molecular flexibility index (Phi) is 6.80. The van der Waals surface area contributed by atoms with Crippen molar-refractivity contribution >= 4 is 29.7 Å². The first-order valence-electron chi connectivity index (χ1n) is 7.45. The van der Waals surface area contributed by atoms with Gasteiger partial charge in [-0.2, -0.15) is 0 Å². The molecule has 1 fully saturated rings. The van der Waals surface area contributed by atoms with Crippen molar-refractivity contribution in [2.24, 2.45) is 11.1 Å². The highest BCUT2D eigenvalue weighted by Crippen LogP contribution is 2.45.